The maximum absolute atomic E-state index is 4.61. The summed E-state index contributed by atoms with van der Waals surface area (Å²) in [7, 11) is 2.39. The van der Waals surface area contributed by atoms with Crippen LogP contribution in [0.2, 0.25) is 0 Å². The van der Waals surface area contributed by atoms with Crippen LogP contribution in [0.4, 0.5) is 0 Å². The fourth-order valence-electron chi connectivity index (χ4n) is 5.07. The van der Waals surface area contributed by atoms with Crippen LogP contribution in [0.1, 0.15) is 0 Å². The van der Waals surface area contributed by atoms with Gasteiger partial charge in [-0.15, -0.1) is 0 Å². The van der Waals surface area contributed by atoms with Gasteiger partial charge in [-0.2, -0.15) is 0 Å². The van der Waals surface area contributed by atoms with Gasteiger partial charge in [0, 0.05) is 0 Å². The summed E-state index contributed by atoms with van der Waals surface area (Å²) in [4.78, 5) is 0. The summed E-state index contributed by atoms with van der Waals surface area (Å²) in [5, 5.41) is 8.92. The molecule has 0 aliphatic heterocycles. The molecule has 0 fully saturated rings. The van der Waals surface area contributed by atoms with E-state index in [0.29, 0.717) is 0 Å². The van der Waals surface area contributed by atoms with Gasteiger partial charge in [0.05, 0.1) is 0 Å². The van der Waals surface area contributed by atoms with Crippen LogP contribution in [0.25, 0.3) is 0 Å². The fraction of sp³-hybridized carbons (Fsp3) is 0. The summed E-state index contributed by atoms with van der Waals surface area (Å²) in [6.07, 6.45) is 0. The van der Waals surface area contributed by atoms with E-state index in [-0.39, 0.29) is 0 Å². The Bertz CT molecular complexity index is 1430. The van der Waals surface area contributed by atoms with Gasteiger partial charge in [0.25, 0.3) is 0 Å². The molecule has 0 bridgehead atoms. The van der Waals surface area contributed by atoms with Gasteiger partial charge in [0.15, 0.2) is 0 Å². The second kappa shape index (κ2) is 16.0. The first-order valence-electron chi connectivity index (χ1n) is 13.4. The quantitative estimate of drug-likeness (QED) is 0.149. The molecule has 6 rings (SSSR count). The van der Waals surface area contributed by atoms with Crippen molar-refractivity contribution < 1.29 is 18.8 Å². The Balaban J connectivity index is 0.00000165. The normalized spacial score (nSPS) is 10.8. The van der Waals surface area contributed by atoms with E-state index in [1.54, 1.807) is 35.9 Å². The molecule has 0 saturated carbocycles. The first-order valence-corrected chi connectivity index (χ1v) is 22.7. The minimum absolute atomic E-state index is 1.11. The van der Waals surface area contributed by atoms with Crippen molar-refractivity contribution in [2.75, 3.05) is 0 Å². The summed E-state index contributed by atoms with van der Waals surface area (Å²) in [6.45, 7) is 0. The Morgan fingerprint density at radius 1 is 0.341 bits per heavy atom. The van der Waals surface area contributed by atoms with Crippen molar-refractivity contribution in [3.8, 4) is 0 Å². The molecule has 6 aromatic rings. The molecule has 0 nitrogen and oxygen atoms in total. The summed E-state index contributed by atoms with van der Waals surface area (Å²) in [6, 6.07) is 63.3. The van der Waals surface area contributed by atoms with Crippen LogP contribution < -0.4 is 38.4 Å². The monoisotopic (exact) mass is 963 g/mol. The van der Waals surface area contributed by atoms with Crippen LogP contribution >= 0.6 is 25.3 Å². The standard InChI is InChI=1S/2C18H14P.Bi.ClH.Pt/c2*1-4-10-16(11-5-1)19(17-12-6-2-7-13-17)18-14-8-3-9-15-18;;;/h2*1-14H;;1H;/q;;;;+1/p+1. The summed E-state index contributed by atoms with van der Waals surface area (Å²) >= 11 is 0.364. The van der Waals surface area contributed by atoms with E-state index in [1.165, 1.54) is 21.2 Å². The van der Waals surface area contributed by atoms with Crippen LogP contribution in [-0.2, 0) is 18.8 Å². The summed E-state index contributed by atoms with van der Waals surface area (Å²) in [5.41, 5.74) is 0. The van der Waals surface area contributed by atoms with Crippen molar-refractivity contribution in [1.82, 2.24) is 0 Å². The van der Waals surface area contributed by atoms with E-state index in [2.05, 4.69) is 179 Å². The number of halogens is 1. The molecule has 1 radical (unpaired) electrons. The first-order chi connectivity index (χ1) is 20.4. The second-order valence-corrected chi connectivity index (χ2v) is 18.9. The summed E-state index contributed by atoms with van der Waals surface area (Å²) in [5.74, 6) is 0. The number of hydrogen-bond donors (Lipinski definition) is 0. The number of benzene rings is 6. The third-order valence-corrected chi connectivity index (χ3v) is 19.0. The molecular formula is C36H30BiClP2Pt+2. The topological polar surface area (TPSA) is 0 Å². The van der Waals surface area contributed by atoms with Crippen LogP contribution in [-0.4, -0.2) is 23.2 Å². The van der Waals surface area contributed by atoms with Gasteiger partial charge >= 0.3 is 275 Å². The van der Waals surface area contributed by atoms with Gasteiger partial charge in [0.2, 0.25) is 0 Å². The molecule has 0 aliphatic rings. The molecule has 0 spiro atoms. The van der Waals surface area contributed by atoms with Crippen molar-refractivity contribution in [2.24, 2.45) is 0 Å². The molecule has 41 heavy (non-hydrogen) atoms. The summed E-state index contributed by atoms with van der Waals surface area (Å²) < 4.78 is 3.21. The fourth-order valence-corrected chi connectivity index (χ4v) is 17.7. The van der Waals surface area contributed by atoms with Crippen molar-refractivity contribution in [3.05, 3.63) is 170 Å². The van der Waals surface area contributed by atoms with Crippen molar-refractivity contribution in [2.45, 2.75) is 0 Å². The average Bonchev–Trinajstić information content (AvgIpc) is 3.06. The van der Waals surface area contributed by atoms with Gasteiger partial charge in [0.1, 0.15) is 0 Å². The zero-order chi connectivity index (χ0) is 28.3. The molecule has 0 N–H and O–H groups in total. The Morgan fingerprint density at radius 2 is 0.585 bits per heavy atom. The zero-order valence-electron chi connectivity index (χ0n) is 22.3. The Kier molecular flexibility index (Phi) is 11.9. The van der Waals surface area contributed by atoms with Gasteiger partial charge in [-0.1, -0.05) is 0 Å². The third kappa shape index (κ3) is 7.71. The zero-order valence-corrected chi connectivity index (χ0v) is 30.8. The molecule has 0 unspecified atom stereocenters. The maximum atomic E-state index is 4.61. The van der Waals surface area contributed by atoms with Gasteiger partial charge in [-0.25, -0.2) is 0 Å². The van der Waals surface area contributed by atoms with E-state index in [1.807, 2.05) is 0 Å². The van der Waals surface area contributed by atoms with Gasteiger partial charge < -0.3 is 0 Å². The predicted molar refractivity (Wildman–Crippen MR) is 184 cm³/mol. The van der Waals surface area contributed by atoms with Crippen molar-refractivity contribution in [1.29, 1.82) is 0 Å². The molecule has 0 aliphatic carbocycles. The van der Waals surface area contributed by atoms with E-state index in [9.17, 15) is 0 Å². The number of hydrogen-bond acceptors (Lipinski definition) is 0. The van der Waals surface area contributed by atoms with E-state index < -0.39 is 39.1 Å². The van der Waals surface area contributed by atoms with Crippen molar-refractivity contribution in [3.63, 3.8) is 0 Å². The molecule has 6 aromatic carbocycles. The Morgan fingerprint density at radius 3 is 0.878 bits per heavy atom. The molecule has 0 heterocycles. The SMILES string of the molecule is [Cl][Pt].c1ccc([PH+](c2ccccc2)c2cccc[c]2[Bi][c]2ccccc2[PH+](c2ccccc2)c2ccccc2)cc1. The Labute approximate surface area is 273 Å². The molecule has 0 amide bonds. The molecule has 0 aromatic heterocycles. The molecule has 0 atom stereocenters. The van der Waals surface area contributed by atoms with Crippen LogP contribution in [0.15, 0.2) is 170 Å². The predicted octanol–water partition coefficient (Wildman–Crippen LogP) is 5.01. The molecule has 0 saturated heterocycles. The van der Waals surface area contributed by atoms with E-state index >= 15 is 0 Å². The van der Waals surface area contributed by atoms with Crippen molar-refractivity contribution >= 4 is 86.9 Å². The Hall–Kier alpha value is -1.96. The first kappa shape index (κ1) is 30.5. The van der Waals surface area contributed by atoms with E-state index in [4.69, 9.17) is 0 Å². The van der Waals surface area contributed by atoms with Crippen LogP contribution in [0.3, 0.4) is 0 Å². The molecule has 204 valence electrons. The molecular weight excluding hydrogens is 934 g/mol. The van der Waals surface area contributed by atoms with Crippen LogP contribution in [0, 0.1) is 0 Å². The molecule has 5 heteroatoms. The van der Waals surface area contributed by atoms with Gasteiger partial charge in [-0.3, -0.25) is 0 Å². The van der Waals surface area contributed by atoms with Crippen LogP contribution in [0.5, 0.6) is 0 Å². The number of rotatable bonds is 8. The average molecular weight is 964 g/mol. The second-order valence-electron chi connectivity index (χ2n) is 9.36. The van der Waals surface area contributed by atoms with Gasteiger partial charge in [-0.05, 0) is 0 Å². The third-order valence-electron chi connectivity index (χ3n) is 6.84. The van der Waals surface area contributed by atoms with E-state index in [0.717, 1.165) is 0 Å². The minimum atomic E-state index is -1.25.